The van der Waals surface area contributed by atoms with Gasteiger partial charge in [0.2, 0.25) is 0 Å². The molecule has 6 nitrogen and oxygen atoms in total. The number of piperidine rings is 1. The number of halogens is 1. The van der Waals surface area contributed by atoms with Gasteiger partial charge in [0.25, 0.3) is 11.5 Å². The Morgan fingerprint density at radius 2 is 1.88 bits per heavy atom. The van der Waals surface area contributed by atoms with Crippen LogP contribution in [0.5, 0.6) is 0 Å². The summed E-state index contributed by atoms with van der Waals surface area (Å²) in [6, 6.07) is 9.54. The molecule has 0 spiro atoms. The number of likely N-dealkylation sites (tertiary alicyclic amines) is 1. The third-order valence-electron chi connectivity index (χ3n) is 4.39. The molecule has 7 heteroatoms. The molecule has 0 radical (unpaired) electrons. The van der Waals surface area contributed by atoms with Crippen LogP contribution >= 0.6 is 11.6 Å². The van der Waals surface area contributed by atoms with Crippen LogP contribution in [0.2, 0.25) is 5.02 Å². The van der Waals surface area contributed by atoms with Gasteiger partial charge in [0.05, 0.1) is 0 Å². The van der Waals surface area contributed by atoms with Crippen LogP contribution in [-0.4, -0.2) is 39.5 Å². The van der Waals surface area contributed by atoms with E-state index in [1.54, 1.807) is 29.2 Å². The smallest absolute Gasteiger partial charge is 0.274 e. The van der Waals surface area contributed by atoms with Crippen molar-refractivity contribution in [2.45, 2.75) is 12.8 Å². The zero-order chi connectivity index (χ0) is 18.0. The highest BCUT2D eigenvalue weighted by atomic mass is 35.5. The number of hydrogen-bond donors (Lipinski definition) is 0. The first-order valence-electron chi connectivity index (χ1n) is 8.09. The van der Waals surface area contributed by atoms with E-state index in [-0.39, 0.29) is 28.9 Å². The number of carbonyl (C=O) groups excluding carboxylic acids is 2. The molecule has 1 aromatic carbocycles. The van der Waals surface area contributed by atoms with Crippen molar-refractivity contribution in [2.75, 3.05) is 13.1 Å². The molecule has 0 saturated carbocycles. The topological polar surface area (TPSA) is 72.3 Å². The Morgan fingerprint density at radius 1 is 1.16 bits per heavy atom. The maximum atomic E-state index is 12.7. The average molecular weight is 360 g/mol. The van der Waals surface area contributed by atoms with Gasteiger partial charge in [-0.25, -0.2) is 4.68 Å². The summed E-state index contributed by atoms with van der Waals surface area (Å²) >= 11 is 5.86. The van der Waals surface area contributed by atoms with Crippen LogP contribution in [0.25, 0.3) is 0 Å². The van der Waals surface area contributed by atoms with Crippen LogP contribution in [0.3, 0.4) is 0 Å². The second-order valence-electron chi connectivity index (χ2n) is 6.14. The molecule has 2 heterocycles. The summed E-state index contributed by atoms with van der Waals surface area (Å²) in [4.78, 5) is 38.4. The number of Topliss-reactive ketones (excluding diaryl/α,β-unsaturated/α-hetero) is 1. The minimum atomic E-state index is -0.272. The maximum absolute atomic E-state index is 12.7. The molecule has 1 aliphatic rings. The van der Waals surface area contributed by atoms with Gasteiger partial charge < -0.3 is 4.90 Å². The second-order valence-corrected chi connectivity index (χ2v) is 6.58. The van der Waals surface area contributed by atoms with E-state index in [2.05, 4.69) is 5.10 Å². The van der Waals surface area contributed by atoms with Gasteiger partial charge in [-0.05, 0) is 43.2 Å². The molecule has 0 bridgehead atoms. The van der Waals surface area contributed by atoms with Gasteiger partial charge >= 0.3 is 0 Å². The Kier molecular flexibility index (Phi) is 4.99. The van der Waals surface area contributed by atoms with E-state index in [9.17, 15) is 14.4 Å². The Morgan fingerprint density at radius 3 is 2.56 bits per heavy atom. The third-order valence-corrected chi connectivity index (χ3v) is 4.64. The molecule has 0 N–H and O–H groups in total. The minimum absolute atomic E-state index is 0.0163. The van der Waals surface area contributed by atoms with E-state index in [1.165, 1.54) is 19.2 Å². The van der Waals surface area contributed by atoms with Crippen molar-refractivity contribution in [1.29, 1.82) is 0 Å². The summed E-state index contributed by atoms with van der Waals surface area (Å²) < 4.78 is 1.13. The van der Waals surface area contributed by atoms with E-state index in [1.807, 2.05) is 0 Å². The number of carbonyl (C=O) groups is 2. The fraction of sp³-hybridized carbons (Fsp3) is 0.333. The van der Waals surface area contributed by atoms with Crippen molar-refractivity contribution >= 4 is 23.3 Å². The number of hydrogen-bond acceptors (Lipinski definition) is 4. The molecule has 1 aromatic heterocycles. The maximum Gasteiger partial charge on any atom is 0.274 e. The lowest BCUT2D eigenvalue weighted by molar-refractivity contribution is 0.0630. The first-order valence-corrected chi connectivity index (χ1v) is 8.47. The van der Waals surface area contributed by atoms with E-state index in [4.69, 9.17) is 11.6 Å². The highest BCUT2D eigenvalue weighted by Crippen LogP contribution is 2.23. The van der Waals surface area contributed by atoms with Gasteiger partial charge in [0, 0.05) is 42.7 Å². The molecular weight excluding hydrogens is 342 g/mol. The van der Waals surface area contributed by atoms with Crippen LogP contribution in [0, 0.1) is 5.92 Å². The monoisotopic (exact) mass is 359 g/mol. The highest BCUT2D eigenvalue weighted by molar-refractivity contribution is 6.30. The second kappa shape index (κ2) is 7.19. The normalized spacial score (nSPS) is 17.4. The number of aryl methyl sites for hydroxylation is 1. The van der Waals surface area contributed by atoms with Crippen LogP contribution in [0.4, 0.5) is 0 Å². The Hall–Kier alpha value is -2.47. The Bertz CT molecular complexity index is 861. The van der Waals surface area contributed by atoms with Crippen molar-refractivity contribution in [3.8, 4) is 0 Å². The number of rotatable bonds is 3. The highest BCUT2D eigenvalue weighted by Gasteiger charge is 2.30. The summed E-state index contributed by atoms with van der Waals surface area (Å²) in [5.41, 5.74) is 0.539. The lowest BCUT2D eigenvalue weighted by Gasteiger charge is -2.31. The molecule has 0 unspecified atom stereocenters. The van der Waals surface area contributed by atoms with E-state index < -0.39 is 0 Å². The fourth-order valence-corrected chi connectivity index (χ4v) is 3.13. The van der Waals surface area contributed by atoms with Crippen molar-refractivity contribution < 1.29 is 9.59 Å². The van der Waals surface area contributed by atoms with Crippen molar-refractivity contribution in [1.82, 2.24) is 14.7 Å². The van der Waals surface area contributed by atoms with Gasteiger partial charge in [-0.3, -0.25) is 14.4 Å². The van der Waals surface area contributed by atoms with E-state index in [0.29, 0.717) is 23.7 Å². The molecule has 0 aliphatic carbocycles. The van der Waals surface area contributed by atoms with Crippen LogP contribution in [0.15, 0.2) is 41.2 Å². The Balaban J connectivity index is 1.75. The molecule has 1 aliphatic heterocycles. The average Bonchev–Trinajstić information content (AvgIpc) is 2.63. The van der Waals surface area contributed by atoms with E-state index in [0.717, 1.165) is 17.5 Å². The number of amides is 1. The molecule has 1 fully saturated rings. The quantitative estimate of drug-likeness (QED) is 0.787. The lowest BCUT2D eigenvalue weighted by Crippen LogP contribution is -2.43. The predicted molar refractivity (Wildman–Crippen MR) is 93.9 cm³/mol. The predicted octanol–water partition coefficient (Wildman–Crippen LogP) is 2.17. The van der Waals surface area contributed by atoms with Gasteiger partial charge in [-0.1, -0.05) is 11.6 Å². The van der Waals surface area contributed by atoms with Gasteiger partial charge in [-0.2, -0.15) is 5.10 Å². The largest absolute Gasteiger partial charge is 0.337 e. The zero-order valence-corrected chi connectivity index (χ0v) is 14.6. The summed E-state index contributed by atoms with van der Waals surface area (Å²) in [5.74, 6) is -0.488. The molecule has 1 amide bonds. The van der Waals surface area contributed by atoms with Crippen LogP contribution < -0.4 is 5.56 Å². The van der Waals surface area contributed by atoms with E-state index >= 15 is 0 Å². The summed E-state index contributed by atoms with van der Waals surface area (Å²) in [5, 5.41) is 4.58. The van der Waals surface area contributed by atoms with Crippen molar-refractivity contribution in [3.05, 3.63) is 63.0 Å². The number of nitrogens with zero attached hydrogens (tertiary/aromatic N) is 3. The van der Waals surface area contributed by atoms with Gasteiger partial charge in [0.1, 0.15) is 5.69 Å². The minimum Gasteiger partial charge on any atom is -0.337 e. The molecule has 1 saturated heterocycles. The number of aromatic nitrogens is 2. The SMILES string of the molecule is Cn1nc(C(=O)N2CCC[C@@H](C(=O)c3ccc(Cl)cc3)C2)ccc1=O. The molecule has 25 heavy (non-hydrogen) atoms. The van der Waals surface area contributed by atoms with Crippen LogP contribution in [-0.2, 0) is 7.05 Å². The van der Waals surface area contributed by atoms with Crippen LogP contribution in [0.1, 0.15) is 33.7 Å². The molecule has 1 atom stereocenters. The summed E-state index contributed by atoms with van der Waals surface area (Å²) in [6.45, 7) is 0.929. The Labute approximate surface area is 150 Å². The molecule has 3 rings (SSSR count). The number of benzene rings is 1. The standard InChI is InChI=1S/C18H18ClN3O3/c1-21-16(23)9-8-15(20-21)18(25)22-10-2-3-13(11-22)17(24)12-4-6-14(19)7-5-12/h4-9,13H,2-3,10-11H2,1H3/t13-/m1/s1. The third kappa shape index (κ3) is 3.79. The number of ketones is 1. The van der Waals surface area contributed by atoms with Crippen molar-refractivity contribution in [3.63, 3.8) is 0 Å². The first kappa shape index (κ1) is 17.4. The van der Waals surface area contributed by atoms with Gasteiger partial charge in [-0.15, -0.1) is 0 Å². The fourth-order valence-electron chi connectivity index (χ4n) is 3.00. The molecule has 2 aromatic rings. The van der Waals surface area contributed by atoms with Gasteiger partial charge in [0.15, 0.2) is 5.78 Å². The van der Waals surface area contributed by atoms with Crippen molar-refractivity contribution in [2.24, 2.45) is 13.0 Å². The summed E-state index contributed by atoms with van der Waals surface area (Å²) in [7, 11) is 1.50. The summed E-state index contributed by atoms with van der Waals surface area (Å²) in [6.07, 6.45) is 1.49. The molecule has 130 valence electrons. The zero-order valence-electron chi connectivity index (χ0n) is 13.8. The first-order chi connectivity index (χ1) is 12.0. The lowest BCUT2D eigenvalue weighted by atomic mass is 9.90. The molecular formula is C18H18ClN3O3.